The Labute approximate surface area is 217 Å². The fourth-order valence-electron chi connectivity index (χ4n) is 4.43. The number of hydrogen-bond donors (Lipinski definition) is 0. The number of rotatable bonds is 11. The summed E-state index contributed by atoms with van der Waals surface area (Å²) in [5.74, 6) is 0.955. The normalized spacial score (nSPS) is 13.8. The van der Waals surface area contributed by atoms with E-state index in [0.717, 1.165) is 42.3 Å². The molecular weight excluding hydrogens is 472 g/mol. The maximum atomic E-state index is 13.5. The number of likely N-dealkylation sites (N-methyl/N-ethyl adjacent to an activating group) is 1. The van der Waals surface area contributed by atoms with Crippen LogP contribution in [-0.4, -0.2) is 77.2 Å². The number of aromatic nitrogens is 3. The lowest BCUT2D eigenvalue weighted by atomic mass is 10.1. The van der Waals surface area contributed by atoms with E-state index in [1.165, 1.54) is 0 Å². The first-order chi connectivity index (χ1) is 17.9. The molecule has 198 valence electrons. The van der Waals surface area contributed by atoms with E-state index >= 15 is 0 Å². The number of urea groups is 1. The summed E-state index contributed by atoms with van der Waals surface area (Å²) >= 11 is 0. The number of pyridine rings is 2. The van der Waals surface area contributed by atoms with Crippen LogP contribution in [0.4, 0.5) is 10.5 Å². The van der Waals surface area contributed by atoms with Gasteiger partial charge in [0.05, 0.1) is 25.6 Å². The van der Waals surface area contributed by atoms with E-state index in [0.29, 0.717) is 43.6 Å². The first kappa shape index (κ1) is 26.2. The first-order valence-electron chi connectivity index (χ1n) is 12.8. The monoisotopic (exact) mass is 508 g/mol. The average molecular weight is 509 g/mol. The molecule has 3 amide bonds. The van der Waals surface area contributed by atoms with Crippen molar-refractivity contribution >= 4 is 28.7 Å². The third-order valence-electron chi connectivity index (χ3n) is 6.54. The number of nitrogens with zero attached hydrogens (tertiary/aromatic N) is 6. The van der Waals surface area contributed by atoms with Gasteiger partial charge in [0.25, 0.3) is 5.88 Å². The van der Waals surface area contributed by atoms with Crippen molar-refractivity contribution < 1.29 is 19.1 Å². The van der Waals surface area contributed by atoms with Crippen molar-refractivity contribution in [2.24, 2.45) is 0 Å². The molecule has 10 nitrogen and oxygen atoms in total. The topological polar surface area (TPSA) is 93.0 Å². The molecule has 0 aromatic carbocycles. The maximum absolute atomic E-state index is 13.5. The Morgan fingerprint density at radius 2 is 2.00 bits per heavy atom. The summed E-state index contributed by atoms with van der Waals surface area (Å²) in [6.45, 7) is 4.65. The van der Waals surface area contributed by atoms with E-state index in [9.17, 15) is 9.59 Å². The number of amides is 3. The van der Waals surface area contributed by atoms with Crippen molar-refractivity contribution in [2.75, 3.05) is 45.8 Å². The molecule has 1 saturated heterocycles. The molecule has 4 heterocycles. The van der Waals surface area contributed by atoms with E-state index in [2.05, 4.69) is 16.9 Å². The van der Waals surface area contributed by atoms with Crippen molar-refractivity contribution in [3.8, 4) is 11.6 Å². The number of carbonyl (C=O) groups is 2. The third-order valence-corrected chi connectivity index (χ3v) is 6.54. The highest BCUT2D eigenvalue weighted by atomic mass is 16.5. The first-order valence-corrected chi connectivity index (χ1v) is 12.8. The summed E-state index contributed by atoms with van der Waals surface area (Å²) < 4.78 is 13.2. The molecule has 0 saturated carbocycles. The van der Waals surface area contributed by atoms with E-state index in [1.807, 2.05) is 33.9 Å². The van der Waals surface area contributed by atoms with Crippen molar-refractivity contribution in [1.29, 1.82) is 0 Å². The molecule has 0 unspecified atom stereocenters. The minimum absolute atomic E-state index is 0.00614. The Balaban J connectivity index is 1.51. The van der Waals surface area contributed by atoms with Gasteiger partial charge in [0.15, 0.2) is 5.75 Å². The summed E-state index contributed by atoms with van der Waals surface area (Å²) in [5, 5.41) is 0.938. The SMILES string of the molecule is CCCCCOc1cc(N2CCCN(Cc3ccnc4c3ccn4CC(=O)N(C)C)C2=O)cnc1OC. The molecule has 0 aliphatic carbocycles. The van der Waals surface area contributed by atoms with Crippen molar-refractivity contribution in [2.45, 2.75) is 45.7 Å². The molecule has 1 aliphatic rings. The maximum Gasteiger partial charge on any atom is 0.324 e. The molecule has 1 aliphatic heterocycles. The lowest BCUT2D eigenvalue weighted by Crippen LogP contribution is -2.49. The Morgan fingerprint density at radius 3 is 2.76 bits per heavy atom. The van der Waals surface area contributed by atoms with Crippen molar-refractivity contribution in [3.63, 3.8) is 0 Å². The number of unbranched alkanes of at least 4 members (excludes halogenated alkanes) is 2. The molecule has 3 aromatic rings. The standard InChI is InChI=1S/C27H36N6O4/c1-5-6-7-15-37-23-16-21(17-29-26(23)36-4)33-13-8-12-32(27(33)35)18-20-9-11-28-25-22(20)10-14-31(25)19-24(34)30(2)3/h9-11,14,16-17H,5-8,12-13,15,18-19H2,1-4H3. The smallest absolute Gasteiger partial charge is 0.324 e. The summed E-state index contributed by atoms with van der Waals surface area (Å²) in [6, 6.07) is 5.65. The molecular formula is C27H36N6O4. The zero-order valence-corrected chi connectivity index (χ0v) is 22.1. The Hall–Kier alpha value is -3.82. The number of methoxy groups -OCH3 is 1. The zero-order valence-electron chi connectivity index (χ0n) is 22.1. The largest absolute Gasteiger partial charge is 0.488 e. The fraction of sp³-hybridized carbons (Fsp3) is 0.481. The van der Waals surface area contributed by atoms with Gasteiger partial charge in [-0.05, 0) is 30.5 Å². The molecule has 0 spiro atoms. The molecule has 0 radical (unpaired) electrons. The van der Waals surface area contributed by atoms with Crippen LogP contribution in [0.5, 0.6) is 11.6 Å². The van der Waals surface area contributed by atoms with Crippen LogP contribution in [0.15, 0.2) is 36.8 Å². The third kappa shape index (κ3) is 5.95. The second-order valence-corrected chi connectivity index (χ2v) is 9.40. The number of ether oxygens (including phenoxy) is 2. The Kier molecular flexibility index (Phi) is 8.47. The summed E-state index contributed by atoms with van der Waals surface area (Å²) in [7, 11) is 5.04. The minimum atomic E-state index is -0.0812. The van der Waals surface area contributed by atoms with Crippen LogP contribution < -0.4 is 14.4 Å². The van der Waals surface area contributed by atoms with Gasteiger partial charge in [-0.1, -0.05) is 19.8 Å². The molecule has 4 rings (SSSR count). The van der Waals surface area contributed by atoms with Crippen LogP contribution in [0.3, 0.4) is 0 Å². The van der Waals surface area contributed by atoms with Crippen LogP contribution in [0.2, 0.25) is 0 Å². The summed E-state index contributed by atoms with van der Waals surface area (Å²) in [5.41, 5.74) is 2.41. The predicted molar refractivity (Wildman–Crippen MR) is 142 cm³/mol. The molecule has 0 atom stereocenters. The van der Waals surface area contributed by atoms with Crippen LogP contribution >= 0.6 is 0 Å². The Bertz CT molecular complexity index is 1240. The molecule has 0 N–H and O–H groups in total. The van der Waals surface area contributed by atoms with Gasteiger partial charge in [-0.2, -0.15) is 0 Å². The number of anilines is 1. The van der Waals surface area contributed by atoms with E-state index in [1.54, 1.807) is 43.4 Å². The molecule has 3 aromatic heterocycles. The van der Waals surface area contributed by atoms with Gasteiger partial charge in [-0.3, -0.25) is 9.69 Å². The lowest BCUT2D eigenvalue weighted by molar-refractivity contribution is -0.129. The molecule has 1 fully saturated rings. The summed E-state index contributed by atoms with van der Waals surface area (Å²) in [6.07, 6.45) is 9.24. The molecule has 0 bridgehead atoms. The predicted octanol–water partition coefficient (Wildman–Crippen LogP) is 3.93. The van der Waals surface area contributed by atoms with Crippen LogP contribution in [0.1, 0.15) is 38.2 Å². The van der Waals surface area contributed by atoms with Crippen LogP contribution in [0.25, 0.3) is 11.0 Å². The van der Waals surface area contributed by atoms with Gasteiger partial charge in [0.1, 0.15) is 12.2 Å². The van der Waals surface area contributed by atoms with Gasteiger partial charge in [-0.15, -0.1) is 0 Å². The van der Waals surface area contributed by atoms with Gasteiger partial charge < -0.3 is 23.8 Å². The number of fused-ring (bicyclic) bond motifs is 1. The fourth-order valence-corrected chi connectivity index (χ4v) is 4.43. The van der Waals surface area contributed by atoms with Crippen molar-refractivity contribution in [3.05, 3.63) is 42.4 Å². The van der Waals surface area contributed by atoms with E-state index < -0.39 is 0 Å². The quantitative estimate of drug-likeness (QED) is 0.365. The summed E-state index contributed by atoms with van der Waals surface area (Å²) in [4.78, 5) is 39.8. The highest BCUT2D eigenvalue weighted by Crippen LogP contribution is 2.31. The molecule has 10 heteroatoms. The van der Waals surface area contributed by atoms with Gasteiger partial charge in [0.2, 0.25) is 5.91 Å². The second kappa shape index (κ2) is 11.9. The average Bonchev–Trinajstić information content (AvgIpc) is 3.31. The lowest BCUT2D eigenvalue weighted by Gasteiger charge is -2.35. The van der Waals surface area contributed by atoms with E-state index in [-0.39, 0.29) is 18.5 Å². The van der Waals surface area contributed by atoms with Gasteiger partial charge in [-0.25, -0.2) is 14.8 Å². The number of carbonyl (C=O) groups excluding carboxylic acids is 2. The minimum Gasteiger partial charge on any atom is -0.488 e. The van der Waals surface area contributed by atoms with Gasteiger partial charge >= 0.3 is 6.03 Å². The van der Waals surface area contributed by atoms with E-state index in [4.69, 9.17) is 9.47 Å². The highest BCUT2D eigenvalue weighted by Gasteiger charge is 2.28. The van der Waals surface area contributed by atoms with Gasteiger partial charge in [0, 0.05) is 57.6 Å². The molecule has 37 heavy (non-hydrogen) atoms. The zero-order chi connectivity index (χ0) is 26.4. The highest BCUT2D eigenvalue weighted by molar-refractivity contribution is 5.93. The second-order valence-electron chi connectivity index (χ2n) is 9.40. The van der Waals surface area contributed by atoms with Crippen LogP contribution in [-0.2, 0) is 17.9 Å². The van der Waals surface area contributed by atoms with Crippen LogP contribution in [0, 0.1) is 0 Å². The number of hydrogen-bond acceptors (Lipinski definition) is 6. The Morgan fingerprint density at radius 1 is 1.16 bits per heavy atom. The van der Waals surface area contributed by atoms with Crippen molar-refractivity contribution in [1.82, 2.24) is 24.3 Å².